The van der Waals surface area contributed by atoms with Crippen LogP contribution in [0.15, 0.2) is 55.0 Å². The number of rotatable bonds is 5. The van der Waals surface area contributed by atoms with E-state index in [9.17, 15) is 13.6 Å². The molecule has 0 bridgehead atoms. The Balaban J connectivity index is 1.20. The van der Waals surface area contributed by atoms with Gasteiger partial charge in [0.1, 0.15) is 17.5 Å². The van der Waals surface area contributed by atoms with E-state index in [1.54, 1.807) is 29.3 Å². The molecule has 4 aromatic rings. The summed E-state index contributed by atoms with van der Waals surface area (Å²) in [4.78, 5) is 23.0. The molecule has 5 rings (SSSR count). The molecule has 174 valence electrons. The molecule has 34 heavy (non-hydrogen) atoms. The third-order valence-corrected chi connectivity index (χ3v) is 5.87. The number of halogens is 2. The van der Waals surface area contributed by atoms with Crippen molar-refractivity contribution in [3.8, 4) is 5.69 Å². The van der Waals surface area contributed by atoms with Gasteiger partial charge in [-0.15, -0.1) is 0 Å². The van der Waals surface area contributed by atoms with E-state index in [1.807, 2.05) is 24.0 Å². The lowest BCUT2D eigenvalue weighted by atomic mass is 10.2. The number of pyridine rings is 2. The van der Waals surface area contributed by atoms with Gasteiger partial charge >= 0.3 is 6.03 Å². The van der Waals surface area contributed by atoms with Gasteiger partial charge in [0.2, 0.25) is 0 Å². The maximum atomic E-state index is 13.9. The molecule has 3 aromatic heterocycles. The van der Waals surface area contributed by atoms with E-state index in [0.29, 0.717) is 25.3 Å². The van der Waals surface area contributed by atoms with Crippen LogP contribution < -0.4 is 10.6 Å². The van der Waals surface area contributed by atoms with Gasteiger partial charge in [-0.1, -0.05) is 6.07 Å². The lowest BCUT2D eigenvalue weighted by Gasteiger charge is -2.17. The van der Waals surface area contributed by atoms with Gasteiger partial charge in [0, 0.05) is 48.5 Å². The minimum Gasteiger partial charge on any atom is -0.334 e. The van der Waals surface area contributed by atoms with Crippen LogP contribution in [0.1, 0.15) is 17.7 Å². The summed E-state index contributed by atoms with van der Waals surface area (Å²) in [7, 11) is 0. The van der Waals surface area contributed by atoms with Crippen LogP contribution >= 0.6 is 0 Å². The quantitative estimate of drug-likeness (QED) is 0.470. The second kappa shape index (κ2) is 9.14. The van der Waals surface area contributed by atoms with Gasteiger partial charge in [0.25, 0.3) is 0 Å². The van der Waals surface area contributed by atoms with Crippen molar-refractivity contribution in [2.75, 3.05) is 18.4 Å². The predicted molar refractivity (Wildman–Crippen MR) is 124 cm³/mol. The molecule has 1 fully saturated rings. The molecular formula is C24H23F2N7O. The second-order valence-corrected chi connectivity index (χ2v) is 8.36. The number of carbonyl (C=O) groups is 1. The SMILES string of the molecule is Cc1cc(-n2ncc3cc(NC(=O)NC4CCN(Cc5c(F)cccc5F)C4)ncc32)ccn1. The minimum absolute atomic E-state index is 0.0487. The highest BCUT2D eigenvalue weighted by molar-refractivity contribution is 5.91. The fraction of sp³-hybridized carbons (Fsp3) is 0.250. The Morgan fingerprint density at radius 2 is 1.97 bits per heavy atom. The average Bonchev–Trinajstić information content (AvgIpc) is 3.42. The van der Waals surface area contributed by atoms with Crippen LogP contribution in [0, 0.1) is 18.6 Å². The highest BCUT2D eigenvalue weighted by atomic mass is 19.1. The molecule has 0 aliphatic carbocycles. The molecule has 2 amide bonds. The molecule has 1 aliphatic rings. The van der Waals surface area contributed by atoms with Crippen molar-refractivity contribution in [2.24, 2.45) is 0 Å². The van der Waals surface area contributed by atoms with Crippen molar-refractivity contribution >= 4 is 22.8 Å². The zero-order valence-electron chi connectivity index (χ0n) is 18.5. The van der Waals surface area contributed by atoms with Crippen LogP contribution in [-0.2, 0) is 6.54 Å². The van der Waals surface area contributed by atoms with Crippen LogP contribution in [0.2, 0.25) is 0 Å². The van der Waals surface area contributed by atoms with Gasteiger partial charge in [-0.05, 0) is 43.7 Å². The number of urea groups is 1. The molecule has 1 aliphatic heterocycles. The number of aryl methyl sites for hydroxylation is 1. The molecule has 10 heteroatoms. The largest absolute Gasteiger partial charge is 0.334 e. The number of amides is 2. The monoisotopic (exact) mass is 463 g/mol. The summed E-state index contributed by atoms with van der Waals surface area (Å²) in [6.07, 6.45) is 5.79. The normalized spacial score (nSPS) is 16.1. The summed E-state index contributed by atoms with van der Waals surface area (Å²) >= 11 is 0. The molecule has 8 nitrogen and oxygen atoms in total. The highest BCUT2D eigenvalue weighted by Crippen LogP contribution is 2.21. The van der Waals surface area contributed by atoms with Crippen LogP contribution in [0.25, 0.3) is 16.6 Å². The zero-order chi connectivity index (χ0) is 23.7. The van der Waals surface area contributed by atoms with Gasteiger partial charge in [0.15, 0.2) is 0 Å². The van der Waals surface area contributed by atoms with E-state index in [-0.39, 0.29) is 24.2 Å². The van der Waals surface area contributed by atoms with E-state index in [2.05, 4.69) is 25.7 Å². The van der Waals surface area contributed by atoms with Crippen LogP contribution in [-0.4, -0.2) is 49.8 Å². The fourth-order valence-corrected chi connectivity index (χ4v) is 4.20. The van der Waals surface area contributed by atoms with E-state index in [4.69, 9.17) is 0 Å². The average molecular weight is 463 g/mol. The molecule has 1 aromatic carbocycles. The van der Waals surface area contributed by atoms with Gasteiger partial charge in [0.05, 0.1) is 23.6 Å². The number of nitrogens with one attached hydrogen (secondary N) is 2. The Morgan fingerprint density at radius 1 is 1.15 bits per heavy atom. The van der Waals surface area contributed by atoms with Crippen LogP contribution in [0.4, 0.5) is 19.4 Å². The van der Waals surface area contributed by atoms with Crippen molar-refractivity contribution < 1.29 is 13.6 Å². The Bertz CT molecular complexity index is 1340. The smallest absolute Gasteiger partial charge is 0.320 e. The number of likely N-dealkylation sites (tertiary alicyclic amines) is 1. The Kier molecular flexibility index (Phi) is 5.89. The second-order valence-electron chi connectivity index (χ2n) is 8.36. The maximum absolute atomic E-state index is 13.9. The molecule has 1 saturated heterocycles. The van der Waals surface area contributed by atoms with Gasteiger partial charge in [-0.2, -0.15) is 5.10 Å². The van der Waals surface area contributed by atoms with Crippen LogP contribution in [0.3, 0.4) is 0 Å². The number of aromatic nitrogens is 4. The maximum Gasteiger partial charge on any atom is 0.320 e. The zero-order valence-corrected chi connectivity index (χ0v) is 18.5. The standard InChI is InChI=1S/C24H23F2N7O/c1-15-9-18(5-7-27-15)33-22-12-28-23(10-16(22)11-29-33)31-24(34)30-17-6-8-32(13-17)14-19-20(25)3-2-4-21(19)26/h2-5,7,9-12,17H,6,8,13-14H2,1H3,(H2,28,30,31,34). The highest BCUT2D eigenvalue weighted by Gasteiger charge is 2.25. The summed E-state index contributed by atoms with van der Waals surface area (Å²) in [6, 6.07) is 8.90. The van der Waals surface area contributed by atoms with Crippen molar-refractivity contribution in [3.05, 3.63) is 77.9 Å². The number of hydrogen-bond acceptors (Lipinski definition) is 5. The third-order valence-electron chi connectivity index (χ3n) is 5.87. The predicted octanol–water partition coefficient (Wildman–Crippen LogP) is 3.80. The minimum atomic E-state index is -0.557. The fourth-order valence-electron chi connectivity index (χ4n) is 4.20. The molecule has 0 saturated carbocycles. The Labute approximate surface area is 194 Å². The molecular weight excluding hydrogens is 440 g/mol. The first-order valence-electron chi connectivity index (χ1n) is 11.0. The lowest BCUT2D eigenvalue weighted by molar-refractivity contribution is 0.247. The summed E-state index contributed by atoms with van der Waals surface area (Å²) in [6.45, 7) is 3.22. The number of benzene rings is 1. The third kappa shape index (κ3) is 4.58. The van der Waals surface area contributed by atoms with Crippen molar-refractivity contribution in [3.63, 3.8) is 0 Å². The number of anilines is 1. The number of carbonyl (C=O) groups excluding carboxylic acids is 1. The first kappa shape index (κ1) is 21.9. The van der Waals surface area contributed by atoms with Gasteiger partial charge in [-0.25, -0.2) is 23.2 Å². The molecule has 4 heterocycles. The molecule has 1 unspecified atom stereocenters. The topological polar surface area (TPSA) is 88.0 Å². The molecule has 0 spiro atoms. The van der Waals surface area contributed by atoms with E-state index in [1.165, 1.54) is 18.2 Å². The molecule has 2 N–H and O–H groups in total. The van der Waals surface area contributed by atoms with E-state index in [0.717, 1.165) is 22.3 Å². The summed E-state index contributed by atoms with van der Waals surface area (Å²) in [5.74, 6) is -0.713. The summed E-state index contributed by atoms with van der Waals surface area (Å²) in [5.41, 5.74) is 2.62. The summed E-state index contributed by atoms with van der Waals surface area (Å²) in [5, 5.41) is 10.9. The number of hydrogen-bond donors (Lipinski definition) is 2. The Hall–Kier alpha value is -3.92. The number of fused-ring (bicyclic) bond motifs is 1. The van der Waals surface area contributed by atoms with E-state index < -0.39 is 11.6 Å². The van der Waals surface area contributed by atoms with Crippen molar-refractivity contribution in [2.45, 2.75) is 25.9 Å². The Morgan fingerprint density at radius 3 is 2.76 bits per heavy atom. The lowest BCUT2D eigenvalue weighted by Crippen LogP contribution is -2.39. The summed E-state index contributed by atoms with van der Waals surface area (Å²) < 4.78 is 29.6. The first-order valence-corrected chi connectivity index (χ1v) is 11.0. The first-order chi connectivity index (χ1) is 16.5. The van der Waals surface area contributed by atoms with E-state index >= 15 is 0 Å². The molecule has 0 radical (unpaired) electrons. The van der Waals surface area contributed by atoms with Gasteiger partial charge in [-0.3, -0.25) is 15.2 Å². The van der Waals surface area contributed by atoms with Crippen molar-refractivity contribution in [1.82, 2.24) is 30.0 Å². The van der Waals surface area contributed by atoms with Crippen molar-refractivity contribution in [1.29, 1.82) is 0 Å². The van der Waals surface area contributed by atoms with Gasteiger partial charge < -0.3 is 5.32 Å². The van der Waals surface area contributed by atoms with Crippen LogP contribution in [0.5, 0.6) is 0 Å². The number of nitrogens with zero attached hydrogens (tertiary/aromatic N) is 5. The molecule has 1 atom stereocenters.